The standard InChI is InChI=1S/C20H28O2/c1-15-12-13-17(16(2)14-21)8-6-7-11-19(15)20(22)18-9-4-3-5-10-18/h3-5,9-10,14-17,19H,6-8,11-13H2,1-2H3/t15?,16?,17?,19-/m0/s1. The summed E-state index contributed by atoms with van der Waals surface area (Å²) >= 11 is 0. The van der Waals surface area contributed by atoms with E-state index in [0.717, 1.165) is 50.4 Å². The Morgan fingerprint density at radius 3 is 2.45 bits per heavy atom. The van der Waals surface area contributed by atoms with Gasteiger partial charge in [-0.25, -0.2) is 0 Å². The molecule has 1 aromatic carbocycles. The molecule has 1 saturated carbocycles. The highest BCUT2D eigenvalue weighted by atomic mass is 16.1. The monoisotopic (exact) mass is 300 g/mol. The molecule has 0 bridgehead atoms. The highest BCUT2D eigenvalue weighted by molar-refractivity contribution is 5.97. The third-order valence-electron chi connectivity index (χ3n) is 5.37. The van der Waals surface area contributed by atoms with E-state index in [1.807, 2.05) is 37.3 Å². The molecule has 1 aliphatic carbocycles. The van der Waals surface area contributed by atoms with Crippen molar-refractivity contribution >= 4 is 12.1 Å². The number of aldehydes is 1. The van der Waals surface area contributed by atoms with Gasteiger partial charge in [0, 0.05) is 17.4 Å². The van der Waals surface area contributed by atoms with Crippen molar-refractivity contribution in [1.29, 1.82) is 0 Å². The number of carbonyl (C=O) groups excluding carboxylic acids is 2. The van der Waals surface area contributed by atoms with Crippen molar-refractivity contribution in [3.63, 3.8) is 0 Å². The summed E-state index contributed by atoms with van der Waals surface area (Å²) in [6.07, 6.45) is 7.55. The first-order valence-corrected chi connectivity index (χ1v) is 8.68. The molecule has 0 amide bonds. The fourth-order valence-corrected chi connectivity index (χ4v) is 3.72. The van der Waals surface area contributed by atoms with Crippen LogP contribution in [0.4, 0.5) is 0 Å². The van der Waals surface area contributed by atoms with Crippen LogP contribution in [0.5, 0.6) is 0 Å². The van der Waals surface area contributed by atoms with Gasteiger partial charge in [0.1, 0.15) is 6.29 Å². The molecule has 1 fully saturated rings. The lowest BCUT2D eigenvalue weighted by atomic mass is 9.80. The molecule has 22 heavy (non-hydrogen) atoms. The van der Waals surface area contributed by atoms with Crippen molar-refractivity contribution < 1.29 is 9.59 Å². The molecule has 2 heteroatoms. The van der Waals surface area contributed by atoms with Crippen molar-refractivity contribution in [3.8, 4) is 0 Å². The Labute approximate surface area is 134 Å². The van der Waals surface area contributed by atoms with Crippen LogP contribution in [0, 0.1) is 23.7 Å². The summed E-state index contributed by atoms with van der Waals surface area (Å²) in [5.74, 6) is 1.47. The van der Waals surface area contributed by atoms with E-state index in [0.29, 0.717) is 17.6 Å². The molecule has 1 aromatic rings. The van der Waals surface area contributed by atoms with Crippen LogP contribution < -0.4 is 0 Å². The van der Waals surface area contributed by atoms with Gasteiger partial charge >= 0.3 is 0 Å². The molecule has 2 nitrogen and oxygen atoms in total. The van der Waals surface area contributed by atoms with E-state index < -0.39 is 0 Å². The molecule has 3 unspecified atom stereocenters. The quantitative estimate of drug-likeness (QED) is 0.584. The Morgan fingerprint density at radius 1 is 1.09 bits per heavy atom. The zero-order valence-corrected chi connectivity index (χ0v) is 13.8. The van der Waals surface area contributed by atoms with Crippen LogP contribution >= 0.6 is 0 Å². The summed E-state index contributed by atoms with van der Waals surface area (Å²) in [5, 5.41) is 0. The number of hydrogen-bond donors (Lipinski definition) is 0. The van der Waals surface area contributed by atoms with Gasteiger partial charge in [-0.1, -0.05) is 57.0 Å². The van der Waals surface area contributed by atoms with E-state index in [4.69, 9.17) is 0 Å². The maximum Gasteiger partial charge on any atom is 0.166 e. The average molecular weight is 300 g/mol. The number of carbonyl (C=O) groups is 2. The predicted octanol–water partition coefficient (Wildman–Crippen LogP) is 4.93. The van der Waals surface area contributed by atoms with Crippen molar-refractivity contribution in [2.75, 3.05) is 0 Å². The van der Waals surface area contributed by atoms with Crippen LogP contribution in [0.25, 0.3) is 0 Å². The Bertz CT molecular complexity index is 480. The van der Waals surface area contributed by atoms with Gasteiger partial charge < -0.3 is 4.79 Å². The molecule has 0 heterocycles. The topological polar surface area (TPSA) is 34.1 Å². The zero-order valence-electron chi connectivity index (χ0n) is 13.8. The van der Waals surface area contributed by atoms with Gasteiger partial charge in [-0.15, -0.1) is 0 Å². The van der Waals surface area contributed by atoms with Crippen LogP contribution in [0.3, 0.4) is 0 Å². The van der Waals surface area contributed by atoms with E-state index in [1.165, 1.54) is 0 Å². The summed E-state index contributed by atoms with van der Waals surface area (Å²) in [5.41, 5.74) is 0.844. The Morgan fingerprint density at radius 2 is 1.77 bits per heavy atom. The van der Waals surface area contributed by atoms with Crippen LogP contribution in [0.2, 0.25) is 0 Å². The molecule has 0 saturated heterocycles. The second-order valence-corrected chi connectivity index (χ2v) is 6.93. The highest BCUT2D eigenvalue weighted by Crippen LogP contribution is 2.33. The van der Waals surface area contributed by atoms with Crippen molar-refractivity contribution in [2.45, 2.75) is 52.4 Å². The van der Waals surface area contributed by atoms with Gasteiger partial charge in [0.2, 0.25) is 0 Å². The van der Waals surface area contributed by atoms with E-state index in [-0.39, 0.29) is 11.8 Å². The molecule has 0 spiro atoms. The number of Topliss-reactive ketones (excluding diaryl/α,β-unsaturated/α-hetero) is 1. The van der Waals surface area contributed by atoms with Gasteiger partial charge in [0.15, 0.2) is 5.78 Å². The summed E-state index contributed by atoms with van der Waals surface area (Å²) in [4.78, 5) is 23.9. The van der Waals surface area contributed by atoms with Crippen LogP contribution in [-0.2, 0) is 4.79 Å². The second kappa shape index (κ2) is 8.26. The van der Waals surface area contributed by atoms with Gasteiger partial charge in [-0.2, -0.15) is 0 Å². The predicted molar refractivity (Wildman–Crippen MR) is 89.8 cm³/mol. The lowest BCUT2D eigenvalue weighted by molar-refractivity contribution is -0.112. The van der Waals surface area contributed by atoms with E-state index in [1.54, 1.807) is 0 Å². The maximum atomic E-state index is 12.8. The fraction of sp³-hybridized carbons (Fsp3) is 0.600. The lowest BCUT2D eigenvalue weighted by Gasteiger charge is -2.24. The molecular formula is C20H28O2. The van der Waals surface area contributed by atoms with E-state index in [2.05, 4.69) is 6.92 Å². The molecule has 0 aliphatic heterocycles. The zero-order chi connectivity index (χ0) is 15.9. The normalized spacial score (nSPS) is 28.0. The smallest absolute Gasteiger partial charge is 0.166 e. The maximum absolute atomic E-state index is 12.8. The summed E-state index contributed by atoms with van der Waals surface area (Å²) in [6, 6.07) is 9.69. The largest absolute Gasteiger partial charge is 0.303 e. The van der Waals surface area contributed by atoms with Crippen molar-refractivity contribution in [1.82, 2.24) is 0 Å². The molecule has 2 rings (SSSR count). The summed E-state index contributed by atoms with van der Waals surface area (Å²) in [7, 11) is 0. The third-order valence-corrected chi connectivity index (χ3v) is 5.37. The second-order valence-electron chi connectivity index (χ2n) is 6.93. The fourth-order valence-electron chi connectivity index (χ4n) is 3.72. The first-order valence-electron chi connectivity index (χ1n) is 8.68. The minimum Gasteiger partial charge on any atom is -0.303 e. The van der Waals surface area contributed by atoms with Gasteiger partial charge in [-0.3, -0.25) is 4.79 Å². The molecule has 120 valence electrons. The molecule has 0 aromatic heterocycles. The Kier molecular flexibility index (Phi) is 6.35. The molecule has 0 N–H and O–H groups in total. The average Bonchev–Trinajstić information content (AvgIpc) is 2.65. The molecule has 4 atom stereocenters. The van der Waals surface area contributed by atoms with Gasteiger partial charge in [-0.05, 0) is 37.5 Å². The minimum absolute atomic E-state index is 0.132. The third kappa shape index (κ3) is 4.28. The van der Waals surface area contributed by atoms with Gasteiger partial charge in [0.25, 0.3) is 0 Å². The van der Waals surface area contributed by atoms with E-state index in [9.17, 15) is 9.59 Å². The summed E-state index contributed by atoms with van der Waals surface area (Å²) < 4.78 is 0. The molecule has 0 radical (unpaired) electrons. The van der Waals surface area contributed by atoms with E-state index >= 15 is 0 Å². The van der Waals surface area contributed by atoms with Crippen LogP contribution in [0.1, 0.15) is 62.7 Å². The Balaban J connectivity index is 2.07. The van der Waals surface area contributed by atoms with Crippen molar-refractivity contribution in [2.24, 2.45) is 23.7 Å². The highest BCUT2D eigenvalue weighted by Gasteiger charge is 2.28. The first kappa shape index (κ1) is 16.9. The van der Waals surface area contributed by atoms with Crippen LogP contribution in [-0.4, -0.2) is 12.1 Å². The molecular weight excluding hydrogens is 272 g/mol. The van der Waals surface area contributed by atoms with Crippen molar-refractivity contribution in [3.05, 3.63) is 35.9 Å². The summed E-state index contributed by atoms with van der Waals surface area (Å²) in [6.45, 7) is 4.24. The minimum atomic E-state index is 0.132. The van der Waals surface area contributed by atoms with Gasteiger partial charge in [0.05, 0.1) is 0 Å². The Hall–Kier alpha value is -1.44. The SMILES string of the molecule is CC(C=O)C1CCCC[C@H](C(=O)c2ccccc2)C(C)CC1. The lowest BCUT2D eigenvalue weighted by Crippen LogP contribution is -2.23. The number of benzene rings is 1. The number of ketones is 1. The molecule has 1 aliphatic rings. The number of hydrogen-bond acceptors (Lipinski definition) is 2. The first-order chi connectivity index (χ1) is 10.6. The number of rotatable bonds is 4. The van der Waals surface area contributed by atoms with Crippen LogP contribution in [0.15, 0.2) is 30.3 Å².